The molecular formula is C14H14ClFN2O2S. The average molecular weight is 329 g/mol. The Morgan fingerprint density at radius 1 is 1.19 bits per heavy atom. The second kappa shape index (κ2) is 6.43. The Labute approximate surface area is 127 Å². The van der Waals surface area contributed by atoms with Crippen LogP contribution < -0.4 is 10.5 Å². The first-order valence-electron chi connectivity index (χ1n) is 6.17. The lowest BCUT2D eigenvalue weighted by molar-refractivity contribution is 0.578. The van der Waals surface area contributed by atoms with E-state index >= 15 is 0 Å². The largest absolute Gasteiger partial charge is 0.399 e. The van der Waals surface area contributed by atoms with Gasteiger partial charge in [0, 0.05) is 17.3 Å². The average Bonchev–Trinajstić information content (AvgIpc) is 2.37. The summed E-state index contributed by atoms with van der Waals surface area (Å²) in [6, 6.07) is 10.3. The highest BCUT2D eigenvalue weighted by molar-refractivity contribution is 7.89. The Kier molecular flexibility index (Phi) is 4.82. The maximum absolute atomic E-state index is 13.2. The normalized spacial score (nSPS) is 11.5. The van der Waals surface area contributed by atoms with Crippen molar-refractivity contribution in [2.24, 2.45) is 0 Å². The van der Waals surface area contributed by atoms with Crippen LogP contribution >= 0.6 is 11.6 Å². The van der Waals surface area contributed by atoms with Crippen LogP contribution in [0.4, 0.5) is 10.1 Å². The van der Waals surface area contributed by atoms with Gasteiger partial charge in [0.1, 0.15) is 5.82 Å². The van der Waals surface area contributed by atoms with Crippen LogP contribution in [0.3, 0.4) is 0 Å². The number of nitrogen functional groups attached to an aromatic ring is 1. The molecule has 0 fully saturated rings. The molecule has 112 valence electrons. The summed E-state index contributed by atoms with van der Waals surface area (Å²) in [7, 11) is -3.79. The molecule has 0 aromatic heterocycles. The van der Waals surface area contributed by atoms with Crippen LogP contribution in [-0.2, 0) is 16.4 Å². The molecule has 0 saturated carbocycles. The summed E-state index contributed by atoms with van der Waals surface area (Å²) < 4.78 is 39.7. The van der Waals surface area contributed by atoms with Crippen molar-refractivity contribution in [1.29, 1.82) is 0 Å². The monoisotopic (exact) mass is 328 g/mol. The van der Waals surface area contributed by atoms with Crippen molar-refractivity contribution in [2.45, 2.75) is 11.3 Å². The molecule has 0 radical (unpaired) electrons. The Bertz CT molecular complexity index is 730. The van der Waals surface area contributed by atoms with Gasteiger partial charge in [-0.05, 0) is 42.3 Å². The third-order valence-electron chi connectivity index (χ3n) is 2.80. The van der Waals surface area contributed by atoms with Crippen molar-refractivity contribution in [1.82, 2.24) is 4.72 Å². The molecular weight excluding hydrogens is 315 g/mol. The predicted octanol–water partition coefficient (Wildman–Crippen LogP) is 2.58. The van der Waals surface area contributed by atoms with E-state index in [1.165, 1.54) is 6.07 Å². The van der Waals surface area contributed by atoms with Gasteiger partial charge in [-0.3, -0.25) is 0 Å². The minimum Gasteiger partial charge on any atom is -0.399 e. The topological polar surface area (TPSA) is 72.2 Å². The number of nitrogens with one attached hydrogen (secondary N) is 1. The number of halogens is 2. The van der Waals surface area contributed by atoms with Gasteiger partial charge >= 0.3 is 0 Å². The fraction of sp³-hybridized carbons (Fsp3) is 0.143. The van der Waals surface area contributed by atoms with E-state index in [4.69, 9.17) is 17.3 Å². The molecule has 0 aliphatic rings. The molecule has 2 rings (SSSR count). The van der Waals surface area contributed by atoms with Crippen molar-refractivity contribution in [3.05, 3.63) is 58.9 Å². The second-order valence-corrected chi connectivity index (χ2v) is 6.70. The van der Waals surface area contributed by atoms with Crippen molar-refractivity contribution in [3.8, 4) is 0 Å². The summed E-state index contributed by atoms with van der Waals surface area (Å²) in [5, 5.41) is 0.591. The van der Waals surface area contributed by atoms with Gasteiger partial charge in [-0.25, -0.2) is 17.5 Å². The van der Waals surface area contributed by atoms with Crippen molar-refractivity contribution in [2.75, 3.05) is 12.3 Å². The van der Waals surface area contributed by atoms with Gasteiger partial charge in [-0.15, -0.1) is 0 Å². The summed E-state index contributed by atoms with van der Waals surface area (Å²) in [5.74, 6) is -0.690. The lowest BCUT2D eigenvalue weighted by Crippen LogP contribution is -2.26. The molecule has 3 N–H and O–H groups in total. The lowest BCUT2D eigenvalue weighted by Gasteiger charge is -2.08. The summed E-state index contributed by atoms with van der Waals surface area (Å²) >= 11 is 5.85. The number of hydrogen-bond acceptors (Lipinski definition) is 3. The highest BCUT2D eigenvalue weighted by atomic mass is 35.5. The molecule has 21 heavy (non-hydrogen) atoms. The Balaban J connectivity index is 2.04. The first-order valence-corrected chi connectivity index (χ1v) is 8.03. The molecule has 0 aliphatic carbocycles. The standard InChI is InChI=1S/C14H14ClFN2O2S/c15-11-3-1-2-10(6-11)4-5-18-21(19,20)14-8-12(16)7-13(17)9-14/h1-3,6-9,18H,4-5,17H2. The number of benzene rings is 2. The summed E-state index contributed by atoms with van der Waals surface area (Å²) in [6.07, 6.45) is 0.477. The zero-order valence-electron chi connectivity index (χ0n) is 11.0. The van der Waals surface area contributed by atoms with Crippen LogP contribution in [0.15, 0.2) is 47.4 Å². The van der Waals surface area contributed by atoms with Crippen LogP contribution in [0, 0.1) is 5.82 Å². The second-order valence-electron chi connectivity index (χ2n) is 4.50. The third kappa shape index (κ3) is 4.42. The lowest BCUT2D eigenvalue weighted by atomic mass is 10.2. The van der Waals surface area contributed by atoms with Gasteiger partial charge in [0.15, 0.2) is 0 Å². The van der Waals surface area contributed by atoms with Gasteiger partial charge in [0.25, 0.3) is 0 Å². The fourth-order valence-electron chi connectivity index (χ4n) is 1.85. The first-order chi connectivity index (χ1) is 9.87. The molecule has 2 aromatic rings. The Morgan fingerprint density at radius 3 is 2.62 bits per heavy atom. The molecule has 0 aliphatic heterocycles. The van der Waals surface area contributed by atoms with E-state index in [0.717, 1.165) is 17.7 Å². The van der Waals surface area contributed by atoms with E-state index in [-0.39, 0.29) is 17.1 Å². The van der Waals surface area contributed by atoms with Crippen LogP contribution in [0.5, 0.6) is 0 Å². The highest BCUT2D eigenvalue weighted by Crippen LogP contribution is 2.16. The van der Waals surface area contributed by atoms with Gasteiger partial charge in [0.05, 0.1) is 4.90 Å². The minimum absolute atomic E-state index is 0.0604. The van der Waals surface area contributed by atoms with Gasteiger partial charge in [-0.2, -0.15) is 0 Å². The van der Waals surface area contributed by atoms with E-state index in [2.05, 4.69) is 4.72 Å². The van der Waals surface area contributed by atoms with E-state index < -0.39 is 15.8 Å². The van der Waals surface area contributed by atoms with Gasteiger partial charge in [0.2, 0.25) is 10.0 Å². The molecule has 0 saturated heterocycles. The van der Waals surface area contributed by atoms with E-state index in [9.17, 15) is 12.8 Å². The summed E-state index contributed by atoms with van der Waals surface area (Å²) in [6.45, 7) is 0.180. The summed E-state index contributed by atoms with van der Waals surface area (Å²) in [5.41, 5.74) is 6.41. The van der Waals surface area contributed by atoms with Crippen LogP contribution in [-0.4, -0.2) is 15.0 Å². The maximum Gasteiger partial charge on any atom is 0.240 e. The number of nitrogens with two attached hydrogens (primary N) is 1. The number of rotatable bonds is 5. The fourth-order valence-corrected chi connectivity index (χ4v) is 3.15. The van der Waals surface area contributed by atoms with Gasteiger partial charge in [-0.1, -0.05) is 23.7 Å². The first kappa shape index (κ1) is 15.8. The number of sulfonamides is 1. The summed E-state index contributed by atoms with van der Waals surface area (Å²) in [4.78, 5) is -0.189. The van der Waals surface area contributed by atoms with E-state index in [0.29, 0.717) is 11.4 Å². The predicted molar refractivity (Wildman–Crippen MR) is 81.2 cm³/mol. The van der Waals surface area contributed by atoms with Crippen LogP contribution in [0.1, 0.15) is 5.56 Å². The van der Waals surface area contributed by atoms with Crippen molar-refractivity contribution >= 4 is 27.3 Å². The maximum atomic E-state index is 13.2. The highest BCUT2D eigenvalue weighted by Gasteiger charge is 2.15. The minimum atomic E-state index is -3.79. The molecule has 7 heteroatoms. The van der Waals surface area contributed by atoms with Crippen LogP contribution in [0.25, 0.3) is 0 Å². The number of anilines is 1. The third-order valence-corrected chi connectivity index (χ3v) is 4.47. The quantitative estimate of drug-likeness (QED) is 0.829. The SMILES string of the molecule is Nc1cc(F)cc(S(=O)(=O)NCCc2cccc(Cl)c2)c1. The molecule has 2 aromatic carbocycles. The van der Waals surface area contributed by atoms with Crippen LogP contribution in [0.2, 0.25) is 5.02 Å². The Hall–Kier alpha value is -1.63. The molecule has 0 bridgehead atoms. The zero-order valence-corrected chi connectivity index (χ0v) is 12.6. The number of hydrogen-bond donors (Lipinski definition) is 2. The Morgan fingerprint density at radius 2 is 1.95 bits per heavy atom. The molecule has 0 amide bonds. The van der Waals surface area contributed by atoms with E-state index in [1.807, 2.05) is 6.07 Å². The molecule has 0 spiro atoms. The molecule has 4 nitrogen and oxygen atoms in total. The zero-order chi connectivity index (χ0) is 15.5. The van der Waals surface area contributed by atoms with Crippen molar-refractivity contribution < 1.29 is 12.8 Å². The smallest absolute Gasteiger partial charge is 0.240 e. The van der Waals surface area contributed by atoms with Crippen molar-refractivity contribution in [3.63, 3.8) is 0 Å². The molecule has 0 atom stereocenters. The van der Waals surface area contributed by atoms with Gasteiger partial charge < -0.3 is 5.73 Å². The molecule has 0 heterocycles. The van der Waals surface area contributed by atoms with E-state index in [1.54, 1.807) is 18.2 Å². The molecule has 0 unspecified atom stereocenters.